The van der Waals surface area contributed by atoms with Crippen LogP contribution >= 0.6 is 11.3 Å². The Hall–Kier alpha value is -3.13. The number of amides is 2. The van der Waals surface area contributed by atoms with Crippen molar-refractivity contribution < 1.29 is 23.9 Å². The topological polar surface area (TPSA) is 93.7 Å². The molecule has 0 atom stereocenters. The number of carbonyl (C=O) groups is 3. The van der Waals surface area contributed by atoms with Crippen LogP contribution in [0.3, 0.4) is 0 Å². The Balaban J connectivity index is 1.93. The highest BCUT2D eigenvalue weighted by atomic mass is 32.1. The Morgan fingerprint density at radius 2 is 1.96 bits per heavy atom. The van der Waals surface area contributed by atoms with Gasteiger partial charge in [-0.25, -0.2) is 4.79 Å². The zero-order valence-electron chi connectivity index (χ0n) is 15.2. The molecular formula is C19H20N2O5S. The van der Waals surface area contributed by atoms with Gasteiger partial charge in [0.2, 0.25) is 5.91 Å². The predicted molar refractivity (Wildman–Crippen MR) is 105 cm³/mol. The highest BCUT2D eigenvalue weighted by Crippen LogP contribution is 2.27. The van der Waals surface area contributed by atoms with Gasteiger partial charge in [0.05, 0.1) is 12.8 Å². The second-order valence-corrected chi connectivity index (χ2v) is 6.50. The van der Waals surface area contributed by atoms with Crippen molar-refractivity contribution in [1.29, 1.82) is 0 Å². The third-order valence-electron chi connectivity index (χ3n) is 3.41. The fraction of sp³-hybridized carbons (Fsp3) is 0.211. The monoisotopic (exact) mass is 388 g/mol. The average molecular weight is 388 g/mol. The molecule has 0 bridgehead atoms. The van der Waals surface area contributed by atoms with E-state index >= 15 is 0 Å². The summed E-state index contributed by atoms with van der Waals surface area (Å²) >= 11 is 1.51. The standard InChI is InChI=1S/C19H20N2O5S/c1-12-8-9-27-17(12)6-7-19(24)26-11-18(23)21-15-10-14(20-13(2)22)4-5-16(15)25-3/h4-10H,11H2,1-3H3,(H,20,22)(H,21,23)/b7-6+. The summed E-state index contributed by atoms with van der Waals surface area (Å²) in [7, 11) is 1.46. The second-order valence-electron chi connectivity index (χ2n) is 5.55. The van der Waals surface area contributed by atoms with Crippen LogP contribution in [0.4, 0.5) is 11.4 Å². The van der Waals surface area contributed by atoms with E-state index in [0.717, 1.165) is 10.4 Å². The first kappa shape index (κ1) is 20.2. The minimum atomic E-state index is -0.614. The fourth-order valence-electron chi connectivity index (χ4n) is 2.16. The summed E-state index contributed by atoms with van der Waals surface area (Å²) in [5, 5.41) is 7.14. The van der Waals surface area contributed by atoms with Crippen LogP contribution in [-0.2, 0) is 19.1 Å². The Labute approximate surface area is 161 Å². The summed E-state index contributed by atoms with van der Waals surface area (Å²) in [6, 6.07) is 6.76. The van der Waals surface area contributed by atoms with E-state index in [1.807, 2.05) is 18.4 Å². The van der Waals surface area contributed by atoms with E-state index in [1.54, 1.807) is 24.3 Å². The number of hydrogen-bond acceptors (Lipinski definition) is 6. The molecule has 2 amide bonds. The molecular weight excluding hydrogens is 368 g/mol. The molecule has 0 saturated heterocycles. The maximum absolute atomic E-state index is 12.1. The largest absolute Gasteiger partial charge is 0.495 e. The molecule has 2 rings (SSSR count). The summed E-state index contributed by atoms with van der Waals surface area (Å²) in [6.45, 7) is 2.88. The summed E-state index contributed by atoms with van der Waals surface area (Å²) in [5.41, 5.74) is 1.92. The molecule has 0 spiro atoms. The molecule has 0 radical (unpaired) electrons. The third kappa shape index (κ3) is 6.27. The molecule has 1 aromatic heterocycles. The highest BCUT2D eigenvalue weighted by Gasteiger charge is 2.11. The van der Waals surface area contributed by atoms with Crippen LogP contribution in [0, 0.1) is 6.92 Å². The zero-order chi connectivity index (χ0) is 19.8. The Kier molecular flexibility index (Phi) is 7.13. The molecule has 1 aromatic carbocycles. The van der Waals surface area contributed by atoms with Gasteiger partial charge in [-0.05, 0) is 48.2 Å². The first-order valence-electron chi connectivity index (χ1n) is 8.03. The molecule has 0 saturated carbocycles. The molecule has 0 aliphatic heterocycles. The Bertz CT molecular complexity index is 873. The van der Waals surface area contributed by atoms with Crippen molar-refractivity contribution in [3.63, 3.8) is 0 Å². The summed E-state index contributed by atoms with van der Waals surface area (Å²) < 4.78 is 10.1. The van der Waals surface area contributed by atoms with Crippen molar-refractivity contribution in [3.05, 3.63) is 46.2 Å². The lowest BCUT2D eigenvalue weighted by atomic mass is 10.2. The van der Waals surface area contributed by atoms with Crippen molar-refractivity contribution >= 4 is 46.6 Å². The molecule has 1 heterocycles. The molecule has 2 N–H and O–H groups in total. The van der Waals surface area contributed by atoms with Gasteiger partial charge in [-0.15, -0.1) is 11.3 Å². The molecule has 0 aliphatic carbocycles. The molecule has 27 heavy (non-hydrogen) atoms. The van der Waals surface area contributed by atoms with E-state index in [2.05, 4.69) is 10.6 Å². The van der Waals surface area contributed by atoms with Crippen LogP contribution in [0.5, 0.6) is 5.75 Å². The molecule has 0 fully saturated rings. The van der Waals surface area contributed by atoms with E-state index in [4.69, 9.17) is 9.47 Å². The first-order chi connectivity index (χ1) is 12.9. The number of benzene rings is 1. The lowest BCUT2D eigenvalue weighted by Crippen LogP contribution is -2.20. The number of ether oxygens (including phenoxy) is 2. The number of aryl methyl sites for hydroxylation is 1. The van der Waals surface area contributed by atoms with Gasteiger partial charge in [-0.1, -0.05) is 0 Å². The van der Waals surface area contributed by atoms with Gasteiger partial charge in [0.1, 0.15) is 5.75 Å². The van der Waals surface area contributed by atoms with E-state index in [1.165, 1.54) is 31.4 Å². The quantitative estimate of drug-likeness (QED) is 0.561. The molecule has 0 aliphatic rings. The third-order valence-corrected chi connectivity index (χ3v) is 4.40. The minimum absolute atomic E-state index is 0.237. The first-order valence-corrected chi connectivity index (χ1v) is 8.91. The summed E-state index contributed by atoms with van der Waals surface area (Å²) in [6.07, 6.45) is 2.93. The lowest BCUT2D eigenvalue weighted by Gasteiger charge is -2.12. The second kappa shape index (κ2) is 9.54. The van der Waals surface area contributed by atoms with Crippen molar-refractivity contribution in [1.82, 2.24) is 0 Å². The number of thiophene rings is 1. The van der Waals surface area contributed by atoms with Crippen molar-refractivity contribution in [2.24, 2.45) is 0 Å². The maximum atomic E-state index is 12.1. The molecule has 0 unspecified atom stereocenters. The van der Waals surface area contributed by atoms with Gasteiger partial charge in [-0.3, -0.25) is 9.59 Å². The number of methoxy groups -OCH3 is 1. The van der Waals surface area contributed by atoms with Gasteiger partial charge in [0.15, 0.2) is 6.61 Å². The average Bonchev–Trinajstić information content (AvgIpc) is 3.03. The molecule has 7 nitrogen and oxygen atoms in total. The van der Waals surface area contributed by atoms with Gasteiger partial charge in [0, 0.05) is 23.6 Å². The molecule has 8 heteroatoms. The van der Waals surface area contributed by atoms with Crippen molar-refractivity contribution in [2.45, 2.75) is 13.8 Å². The lowest BCUT2D eigenvalue weighted by molar-refractivity contribution is -0.142. The van der Waals surface area contributed by atoms with Crippen LogP contribution in [0.2, 0.25) is 0 Å². The maximum Gasteiger partial charge on any atom is 0.331 e. The fourth-order valence-corrected chi connectivity index (χ4v) is 2.98. The number of anilines is 2. The van der Waals surface area contributed by atoms with E-state index < -0.39 is 18.5 Å². The van der Waals surface area contributed by atoms with Crippen molar-refractivity contribution in [3.8, 4) is 5.75 Å². The highest BCUT2D eigenvalue weighted by molar-refractivity contribution is 7.11. The van der Waals surface area contributed by atoms with Gasteiger partial charge >= 0.3 is 5.97 Å². The summed E-state index contributed by atoms with van der Waals surface area (Å²) in [5.74, 6) is -0.963. The van der Waals surface area contributed by atoms with Gasteiger partial charge in [0.25, 0.3) is 5.91 Å². The number of esters is 1. The number of hydrogen-bond donors (Lipinski definition) is 2. The SMILES string of the molecule is COc1ccc(NC(C)=O)cc1NC(=O)COC(=O)/C=C/c1sccc1C. The smallest absolute Gasteiger partial charge is 0.331 e. The number of nitrogens with one attached hydrogen (secondary N) is 2. The predicted octanol–water partition coefficient (Wildman–Crippen LogP) is 3.22. The van der Waals surface area contributed by atoms with Gasteiger partial charge in [-0.2, -0.15) is 0 Å². The number of carbonyl (C=O) groups excluding carboxylic acids is 3. The van der Waals surface area contributed by atoms with E-state index in [9.17, 15) is 14.4 Å². The van der Waals surface area contributed by atoms with Crippen molar-refractivity contribution in [2.75, 3.05) is 24.4 Å². The van der Waals surface area contributed by atoms with Crippen LogP contribution in [-0.4, -0.2) is 31.5 Å². The van der Waals surface area contributed by atoms with Crippen LogP contribution in [0.1, 0.15) is 17.4 Å². The summed E-state index contributed by atoms with van der Waals surface area (Å²) in [4.78, 5) is 35.9. The molecule has 2 aromatic rings. The van der Waals surface area contributed by atoms with Gasteiger partial charge < -0.3 is 20.1 Å². The minimum Gasteiger partial charge on any atom is -0.495 e. The Morgan fingerprint density at radius 3 is 2.59 bits per heavy atom. The van der Waals surface area contributed by atoms with E-state index in [0.29, 0.717) is 17.1 Å². The van der Waals surface area contributed by atoms with Crippen LogP contribution in [0.25, 0.3) is 6.08 Å². The normalized spacial score (nSPS) is 10.5. The van der Waals surface area contributed by atoms with Crippen LogP contribution < -0.4 is 15.4 Å². The Morgan fingerprint density at radius 1 is 1.19 bits per heavy atom. The number of rotatable bonds is 7. The van der Waals surface area contributed by atoms with Crippen LogP contribution in [0.15, 0.2) is 35.7 Å². The van der Waals surface area contributed by atoms with E-state index in [-0.39, 0.29) is 5.91 Å². The molecule has 142 valence electrons. The zero-order valence-corrected chi connectivity index (χ0v) is 16.0.